The van der Waals surface area contributed by atoms with Crippen LogP contribution < -0.4 is 20.1 Å². The molecule has 2 aromatic carbocycles. The topological polar surface area (TPSA) is 89.5 Å². The molecule has 0 atom stereocenters. The summed E-state index contributed by atoms with van der Waals surface area (Å²) in [6, 6.07) is 10.9. The number of carbonyl (C=O) groups excluding carboxylic acids is 2. The predicted molar refractivity (Wildman–Crippen MR) is 131 cm³/mol. The van der Waals surface area contributed by atoms with Crippen LogP contribution in [0.25, 0.3) is 6.08 Å². The summed E-state index contributed by atoms with van der Waals surface area (Å²) in [6.07, 6.45) is 3.08. The molecule has 0 aliphatic rings. The van der Waals surface area contributed by atoms with Crippen LogP contribution in [0.4, 0.5) is 15.2 Å². The van der Waals surface area contributed by atoms with Gasteiger partial charge in [-0.15, -0.1) is 23.1 Å². The average Bonchev–Trinajstić information content (AvgIpc) is 3.25. The van der Waals surface area contributed by atoms with Crippen LogP contribution >= 0.6 is 23.1 Å². The second-order valence-electron chi connectivity index (χ2n) is 6.63. The van der Waals surface area contributed by atoms with E-state index in [0.29, 0.717) is 28.1 Å². The molecule has 2 amide bonds. The van der Waals surface area contributed by atoms with Gasteiger partial charge in [0.1, 0.15) is 5.82 Å². The summed E-state index contributed by atoms with van der Waals surface area (Å²) in [7, 11) is 3.11. The SMILES string of the molecule is COc1ccc(/C=C/C(=O)Nc2nc(CSCC(=O)Nc3ccc(F)cc3)cs2)cc1OC. The fourth-order valence-corrected chi connectivity index (χ4v) is 4.22. The van der Waals surface area contributed by atoms with E-state index in [4.69, 9.17) is 9.47 Å². The smallest absolute Gasteiger partial charge is 0.250 e. The van der Waals surface area contributed by atoms with Crippen LogP contribution in [-0.4, -0.2) is 36.8 Å². The number of halogens is 1. The Morgan fingerprint density at radius 2 is 1.85 bits per heavy atom. The van der Waals surface area contributed by atoms with Crippen molar-refractivity contribution in [1.29, 1.82) is 0 Å². The summed E-state index contributed by atoms with van der Waals surface area (Å²) in [5.74, 6) is 1.08. The fraction of sp³-hybridized carbons (Fsp3) is 0.174. The molecule has 172 valence electrons. The number of nitrogens with one attached hydrogen (secondary N) is 2. The molecule has 1 heterocycles. The molecule has 0 unspecified atom stereocenters. The molecule has 0 saturated heterocycles. The highest BCUT2D eigenvalue weighted by Gasteiger charge is 2.08. The summed E-state index contributed by atoms with van der Waals surface area (Å²) < 4.78 is 23.4. The van der Waals surface area contributed by atoms with E-state index in [9.17, 15) is 14.0 Å². The second kappa shape index (κ2) is 12.0. The van der Waals surface area contributed by atoms with Crippen LogP contribution in [-0.2, 0) is 15.3 Å². The van der Waals surface area contributed by atoms with Crippen molar-refractivity contribution in [3.63, 3.8) is 0 Å². The van der Waals surface area contributed by atoms with Crippen molar-refractivity contribution in [2.75, 3.05) is 30.6 Å². The molecule has 3 aromatic rings. The van der Waals surface area contributed by atoms with Gasteiger partial charge >= 0.3 is 0 Å². The van der Waals surface area contributed by atoms with Crippen LogP contribution in [0.15, 0.2) is 53.9 Å². The average molecular weight is 488 g/mol. The zero-order valence-electron chi connectivity index (χ0n) is 18.0. The van der Waals surface area contributed by atoms with Crippen molar-refractivity contribution < 1.29 is 23.5 Å². The van der Waals surface area contributed by atoms with E-state index in [-0.39, 0.29) is 23.4 Å². The second-order valence-corrected chi connectivity index (χ2v) is 8.47. The molecule has 3 rings (SSSR count). The molecule has 0 radical (unpaired) electrons. The van der Waals surface area contributed by atoms with E-state index < -0.39 is 0 Å². The van der Waals surface area contributed by atoms with Crippen molar-refractivity contribution in [3.05, 3.63) is 71.0 Å². The number of methoxy groups -OCH3 is 2. The van der Waals surface area contributed by atoms with E-state index in [1.54, 1.807) is 32.4 Å². The number of thiazole rings is 1. The number of benzene rings is 2. The van der Waals surface area contributed by atoms with Crippen molar-refractivity contribution >= 4 is 51.8 Å². The number of nitrogens with zero attached hydrogens (tertiary/aromatic N) is 1. The zero-order valence-corrected chi connectivity index (χ0v) is 19.6. The molecule has 0 aliphatic carbocycles. The Balaban J connectivity index is 1.44. The molecular formula is C23H22FN3O4S2. The summed E-state index contributed by atoms with van der Waals surface area (Å²) >= 11 is 2.70. The molecule has 1 aromatic heterocycles. The Labute approximate surface area is 199 Å². The monoisotopic (exact) mass is 487 g/mol. The van der Waals surface area contributed by atoms with Crippen molar-refractivity contribution in [2.45, 2.75) is 5.75 Å². The Bertz CT molecular complexity index is 1130. The molecule has 0 saturated carbocycles. The number of ether oxygens (including phenoxy) is 2. The van der Waals surface area contributed by atoms with Crippen LogP contribution in [0.3, 0.4) is 0 Å². The van der Waals surface area contributed by atoms with Crippen molar-refractivity contribution in [2.24, 2.45) is 0 Å². The lowest BCUT2D eigenvalue weighted by molar-refractivity contribution is -0.114. The minimum Gasteiger partial charge on any atom is -0.493 e. The number of amides is 2. The maximum absolute atomic E-state index is 12.9. The van der Waals surface area contributed by atoms with Gasteiger partial charge in [0.2, 0.25) is 11.8 Å². The summed E-state index contributed by atoms with van der Waals surface area (Å²) in [5.41, 5.74) is 2.10. The first-order valence-corrected chi connectivity index (χ1v) is 11.8. The predicted octanol–water partition coefficient (Wildman–Crippen LogP) is 4.82. The van der Waals surface area contributed by atoms with Gasteiger partial charge in [0, 0.05) is 22.9 Å². The molecule has 0 aliphatic heterocycles. The van der Waals surface area contributed by atoms with Gasteiger partial charge in [-0.25, -0.2) is 9.37 Å². The van der Waals surface area contributed by atoms with Gasteiger partial charge in [-0.05, 0) is 48.0 Å². The molecule has 0 spiro atoms. The van der Waals surface area contributed by atoms with Gasteiger partial charge in [-0.1, -0.05) is 6.07 Å². The summed E-state index contributed by atoms with van der Waals surface area (Å²) in [4.78, 5) is 28.5. The van der Waals surface area contributed by atoms with Gasteiger partial charge in [-0.3, -0.25) is 14.9 Å². The maximum Gasteiger partial charge on any atom is 0.250 e. The minimum absolute atomic E-state index is 0.185. The maximum atomic E-state index is 12.9. The number of hydrogen-bond donors (Lipinski definition) is 2. The molecule has 0 bridgehead atoms. The Hall–Kier alpha value is -3.37. The lowest BCUT2D eigenvalue weighted by Crippen LogP contribution is -2.14. The highest BCUT2D eigenvalue weighted by atomic mass is 32.2. The Morgan fingerprint density at radius 3 is 2.58 bits per heavy atom. The largest absolute Gasteiger partial charge is 0.493 e. The van der Waals surface area contributed by atoms with Crippen LogP contribution in [0.2, 0.25) is 0 Å². The highest BCUT2D eigenvalue weighted by Crippen LogP contribution is 2.28. The number of hydrogen-bond acceptors (Lipinski definition) is 7. The molecule has 33 heavy (non-hydrogen) atoms. The van der Waals surface area contributed by atoms with E-state index in [2.05, 4.69) is 15.6 Å². The fourth-order valence-electron chi connectivity index (χ4n) is 2.68. The zero-order chi connectivity index (χ0) is 23.6. The summed E-state index contributed by atoms with van der Waals surface area (Å²) in [6.45, 7) is 0. The molecule has 10 heteroatoms. The van der Waals surface area contributed by atoms with E-state index in [1.165, 1.54) is 53.4 Å². The van der Waals surface area contributed by atoms with Gasteiger partial charge in [0.05, 0.1) is 25.7 Å². The number of thioether (sulfide) groups is 1. The van der Waals surface area contributed by atoms with Gasteiger partial charge in [0.25, 0.3) is 0 Å². The van der Waals surface area contributed by atoms with Crippen LogP contribution in [0.5, 0.6) is 11.5 Å². The Kier molecular flexibility index (Phi) is 8.85. The van der Waals surface area contributed by atoms with Crippen LogP contribution in [0.1, 0.15) is 11.3 Å². The van der Waals surface area contributed by atoms with E-state index in [0.717, 1.165) is 11.3 Å². The number of anilines is 2. The molecule has 0 fully saturated rings. The normalized spacial score (nSPS) is 10.8. The quantitative estimate of drug-likeness (QED) is 0.399. The van der Waals surface area contributed by atoms with E-state index >= 15 is 0 Å². The third-order valence-electron chi connectivity index (χ3n) is 4.23. The Morgan fingerprint density at radius 1 is 1.09 bits per heavy atom. The van der Waals surface area contributed by atoms with Crippen molar-refractivity contribution in [1.82, 2.24) is 4.98 Å². The van der Waals surface area contributed by atoms with Gasteiger partial charge < -0.3 is 14.8 Å². The first-order valence-electron chi connectivity index (χ1n) is 9.75. The van der Waals surface area contributed by atoms with Crippen LogP contribution in [0, 0.1) is 5.82 Å². The number of aromatic nitrogens is 1. The standard InChI is InChI=1S/C23H22FN3O4S2/c1-30-19-9-3-15(11-20(19)31-2)4-10-21(28)27-23-26-18(13-33-23)12-32-14-22(29)25-17-7-5-16(24)6-8-17/h3-11,13H,12,14H2,1-2H3,(H,25,29)(H,26,27,28)/b10-4+. The van der Waals surface area contributed by atoms with E-state index in [1.807, 2.05) is 11.4 Å². The molecule has 7 nitrogen and oxygen atoms in total. The lowest BCUT2D eigenvalue weighted by Gasteiger charge is -2.07. The molecular weight excluding hydrogens is 465 g/mol. The van der Waals surface area contributed by atoms with Gasteiger partial charge in [0.15, 0.2) is 16.6 Å². The minimum atomic E-state index is -0.356. The third-order valence-corrected chi connectivity index (χ3v) is 6.00. The number of carbonyl (C=O) groups is 2. The third kappa shape index (κ3) is 7.62. The first-order chi connectivity index (χ1) is 16.0. The first kappa shape index (κ1) is 24.3. The van der Waals surface area contributed by atoms with Crippen molar-refractivity contribution in [3.8, 4) is 11.5 Å². The highest BCUT2D eigenvalue weighted by molar-refractivity contribution is 7.99. The molecule has 2 N–H and O–H groups in total. The summed E-state index contributed by atoms with van der Waals surface area (Å²) in [5, 5.41) is 7.74. The van der Waals surface area contributed by atoms with Gasteiger partial charge in [-0.2, -0.15) is 0 Å². The lowest BCUT2D eigenvalue weighted by atomic mass is 10.2. The number of rotatable bonds is 10.